The van der Waals surface area contributed by atoms with Gasteiger partial charge in [0, 0.05) is 32.1 Å². The van der Waals surface area contributed by atoms with Gasteiger partial charge in [0.2, 0.25) is 0 Å². The lowest BCUT2D eigenvalue weighted by atomic mass is 10.0. The molecule has 2 heteroatoms. The molecule has 95 heavy (non-hydrogen) atoms. The Bertz CT molecular complexity index is 2190. The number of nitrogens with zero attached hydrogens (tertiary/aromatic N) is 2. The van der Waals surface area contributed by atoms with Gasteiger partial charge in [-0.3, -0.25) is 4.99 Å². The fraction of sp³-hybridized carbons (Fsp3) is 0.785. The first-order chi connectivity index (χ1) is 47.2. The van der Waals surface area contributed by atoms with E-state index in [4.69, 9.17) is 9.98 Å². The Morgan fingerprint density at radius 3 is 0.726 bits per heavy atom. The van der Waals surface area contributed by atoms with Crippen molar-refractivity contribution in [1.29, 1.82) is 0 Å². The summed E-state index contributed by atoms with van der Waals surface area (Å²) in [4.78, 5) is 11.0. The quantitative estimate of drug-likeness (QED) is 0.0358. The molecular weight excluding hydrogens is 1150 g/mol. The summed E-state index contributed by atoms with van der Waals surface area (Å²) in [6.07, 6.45) is 92.5. The summed E-state index contributed by atoms with van der Waals surface area (Å²) in [5, 5.41) is 0. The normalized spacial score (nSPS) is 11.6. The SMILES string of the molecule is CCCCCCCCCCCCCCCCCCC#CCCCc1ccccc1N=C(C#CCCCCCCCCCCCCCCCCCCCCCCCCCCC)C(CCCC)=Nc1ccccc1CCCC#CCCCCCCCCCCCCCCCCCC. The molecule has 0 heterocycles. The van der Waals surface area contributed by atoms with E-state index in [0.29, 0.717) is 0 Å². The van der Waals surface area contributed by atoms with Crippen molar-refractivity contribution < 1.29 is 0 Å². The molecule has 0 fully saturated rings. The van der Waals surface area contributed by atoms with Gasteiger partial charge in [0.1, 0.15) is 5.71 Å². The predicted octanol–water partition coefficient (Wildman–Crippen LogP) is 31.8. The highest BCUT2D eigenvalue weighted by Crippen LogP contribution is 2.26. The Kier molecular flexibility index (Phi) is 67.4. The summed E-state index contributed by atoms with van der Waals surface area (Å²) in [6.45, 7) is 9.22. The second-order valence-corrected chi connectivity index (χ2v) is 29.4. The summed E-state index contributed by atoms with van der Waals surface area (Å²) in [5.41, 5.74) is 6.60. The zero-order chi connectivity index (χ0) is 67.6. The van der Waals surface area contributed by atoms with Gasteiger partial charge in [0.15, 0.2) is 0 Å². The van der Waals surface area contributed by atoms with Crippen molar-refractivity contribution in [2.24, 2.45) is 9.98 Å². The van der Waals surface area contributed by atoms with Gasteiger partial charge in [-0.2, -0.15) is 0 Å². The number of unbranched alkanes of at least 4 members (excludes halogenated alkanes) is 60. The van der Waals surface area contributed by atoms with Crippen LogP contribution in [0.3, 0.4) is 0 Å². The third-order valence-corrected chi connectivity index (χ3v) is 20.2. The molecule has 2 nitrogen and oxygen atoms in total. The molecule has 0 amide bonds. The second-order valence-electron chi connectivity index (χ2n) is 29.4. The van der Waals surface area contributed by atoms with E-state index < -0.39 is 0 Å². The van der Waals surface area contributed by atoms with Crippen LogP contribution < -0.4 is 0 Å². The first-order valence-electron chi connectivity index (χ1n) is 43.0. The van der Waals surface area contributed by atoms with E-state index in [2.05, 4.69) is 112 Å². The first-order valence-corrected chi connectivity index (χ1v) is 43.0. The molecule has 0 N–H and O–H groups in total. The molecule has 0 radical (unpaired) electrons. The maximum atomic E-state index is 5.53. The second kappa shape index (κ2) is 73.2. The van der Waals surface area contributed by atoms with Crippen molar-refractivity contribution >= 4 is 22.8 Å². The van der Waals surface area contributed by atoms with Gasteiger partial charge >= 0.3 is 0 Å². The summed E-state index contributed by atoms with van der Waals surface area (Å²) < 4.78 is 0. The Balaban J connectivity index is 1.89. The van der Waals surface area contributed by atoms with Crippen LogP contribution in [0.25, 0.3) is 0 Å². The maximum Gasteiger partial charge on any atom is 0.135 e. The van der Waals surface area contributed by atoms with Crippen LogP contribution in [0.5, 0.6) is 0 Å². The molecule has 0 saturated heterocycles. The highest BCUT2D eigenvalue weighted by atomic mass is 14.8. The van der Waals surface area contributed by atoms with Crippen LogP contribution in [0, 0.1) is 35.5 Å². The Labute approximate surface area is 595 Å². The van der Waals surface area contributed by atoms with Crippen molar-refractivity contribution in [1.82, 2.24) is 0 Å². The minimum Gasteiger partial charge on any atom is -0.250 e. The average Bonchev–Trinajstić information content (AvgIpc) is 1.02. The molecule has 0 atom stereocenters. The van der Waals surface area contributed by atoms with Gasteiger partial charge in [-0.15, -0.1) is 23.7 Å². The van der Waals surface area contributed by atoms with Crippen molar-refractivity contribution in [3.05, 3.63) is 59.7 Å². The Morgan fingerprint density at radius 2 is 0.453 bits per heavy atom. The van der Waals surface area contributed by atoms with E-state index in [1.54, 1.807) is 0 Å². The van der Waals surface area contributed by atoms with Crippen molar-refractivity contribution in [2.75, 3.05) is 0 Å². The zero-order valence-electron chi connectivity index (χ0n) is 64.3. The van der Waals surface area contributed by atoms with E-state index in [1.807, 2.05) is 0 Å². The predicted molar refractivity (Wildman–Crippen MR) is 430 cm³/mol. The molecule has 0 aliphatic rings. The Morgan fingerprint density at radius 1 is 0.232 bits per heavy atom. The molecule has 2 aromatic rings. The van der Waals surface area contributed by atoms with Crippen LogP contribution in [0.2, 0.25) is 0 Å². The molecule has 0 unspecified atom stereocenters. The van der Waals surface area contributed by atoms with Crippen molar-refractivity contribution in [3.8, 4) is 35.5 Å². The molecule has 2 aromatic carbocycles. The fourth-order valence-corrected chi connectivity index (χ4v) is 13.8. The van der Waals surface area contributed by atoms with Crippen LogP contribution in [0.4, 0.5) is 11.4 Å². The van der Waals surface area contributed by atoms with E-state index in [9.17, 15) is 0 Å². The molecule has 0 aliphatic carbocycles. The van der Waals surface area contributed by atoms with Gasteiger partial charge in [-0.1, -0.05) is 423 Å². The number of hydrogen-bond acceptors (Lipinski definition) is 2. The van der Waals surface area contributed by atoms with Crippen LogP contribution in [0.1, 0.15) is 469 Å². The van der Waals surface area contributed by atoms with Gasteiger partial charge in [-0.05, 0) is 87.0 Å². The van der Waals surface area contributed by atoms with Crippen LogP contribution in [-0.2, 0) is 12.8 Å². The fourth-order valence-electron chi connectivity index (χ4n) is 13.8. The highest BCUT2D eigenvalue weighted by Gasteiger charge is 2.12. The molecular formula is C93H158N2. The summed E-state index contributed by atoms with van der Waals surface area (Å²) in [5.74, 6) is 21.5. The molecule has 540 valence electrons. The monoisotopic (exact) mass is 1300 g/mol. The topological polar surface area (TPSA) is 24.7 Å². The third kappa shape index (κ3) is 59.1. The molecule has 0 aliphatic heterocycles. The molecule has 0 bridgehead atoms. The summed E-state index contributed by atoms with van der Waals surface area (Å²) >= 11 is 0. The molecule has 2 rings (SSSR count). The largest absolute Gasteiger partial charge is 0.250 e. The zero-order valence-corrected chi connectivity index (χ0v) is 64.3. The molecule has 0 saturated carbocycles. The van der Waals surface area contributed by atoms with Crippen molar-refractivity contribution in [2.45, 2.75) is 471 Å². The van der Waals surface area contributed by atoms with Crippen LogP contribution in [0.15, 0.2) is 58.5 Å². The van der Waals surface area contributed by atoms with E-state index >= 15 is 0 Å². The lowest BCUT2D eigenvalue weighted by Crippen LogP contribution is -2.13. The third-order valence-electron chi connectivity index (χ3n) is 20.2. The van der Waals surface area contributed by atoms with Crippen molar-refractivity contribution in [3.63, 3.8) is 0 Å². The van der Waals surface area contributed by atoms with E-state index in [1.165, 1.54) is 371 Å². The van der Waals surface area contributed by atoms with Gasteiger partial charge in [-0.25, -0.2) is 4.99 Å². The lowest BCUT2D eigenvalue weighted by molar-refractivity contribution is 0.516. The smallest absolute Gasteiger partial charge is 0.135 e. The summed E-state index contributed by atoms with van der Waals surface area (Å²) in [6, 6.07) is 17.6. The number of aryl methyl sites for hydroxylation is 2. The lowest BCUT2D eigenvalue weighted by Gasteiger charge is -2.11. The number of para-hydroxylation sites is 2. The van der Waals surface area contributed by atoms with E-state index in [0.717, 1.165) is 106 Å². The number of rotatable bonds is 69. The number of hydrogen-bond donors (Lipinski definition) is 0. The highest BCUT2D eigenvalue weighted by molar-refractivity contribution is 6.49. The number of benzene rings is 2. The average molecular weight is 1300 g/mol. The molecule has 0 spiro atoms. The standard InChI is InChI=1S/C93H158N2/c1-5-9-13-16-19-22-25-28-31-34-37-40-41-42-43-44-45-48-51-54-57-60-63-66-69-72-75-87-93(95-91-86-79-77-83-89(91)81-74-71-68-65-62-59-56-53-50-47-39-36-33-30-27-24-21-18-15-11-7-3)92(84-12-8-4)94-90-85-78-76-82-88(90)80-73-70-67-64-61-58-55-52-49-46-38-35-32-29-26-23-20-17-14-10-6-2/h76-79,82-83,85-86H,5-63,66,69-74,80-81,84H2,1-4H3. The van der Waals surface area contributed by atoms with Crippen LogP contribution >= 0.6 is 0 Å². The van der Waals surface area contributed by atoms with Gasteiger partial charge in [0.25, 0.3) is 0 Å². The minimum absolute atomic E-state index is 0.860. The summed E-state index contributed by atoms with van der Waals surface area (Å²) in [7, 11) is 0. The van der Waals surface area contributed by atoms with Gasteiger partial charge in [0.05, 0.1) is 17.1 Å². The van der Waals surface area contributed by atoms with E-state index in [-0.39, 0.29) is 0 Å². The minimum atomic E-state index is 0.860. The van der Waals surface area contributed by atoms with Gasteiger partial charge < -0.3 is 0 Å². The Hall–Kier alpha value is -3.54. The molecule has 0 aromatic heterocycles. The number of aliphatic imine (C=N–C) groups is 2. The first kappa shape index (κ1) is 87.5. The van der Waals surface area contributed by atoms with Crippen LogP contribution in [-0.4, -0.2) is 11.4 Å². The maximum absolute atomic E-state index is 5.53.